The first kappa shape index (κ1) is 23.6. The maximum atomic E-state index is 13.2. The van der Waals surface area contributed by atoms with Gasteiger partial charge >= 0.3 is 0 Å². The van der Waals surface area contributed by atoms with E-state index in [0.29, 0.717) is 47.9 Å². The molecule has 34 heavy (non-hydrogen) atoms. The van der Waals surface area contributed by atoms with Gasteiger partial charge in [0, 0.05) is 12.1 Å². The molecule has 0 aliphatic carbocycles. The normalized spacial score (nSPS) is 18.7. The smallest absolute Gasteiger partial charge is 0.295 e. The van der Waals surface area contributed by atoms with Gasteiger partial charge in [-0.25, -0.2) is 0 Å². The van der Waals surface area contributed by atoms with Crippen molar-refractivity contribution in [1.29, 1.82) is 0 Å². The van der Waals surface area contributed by atoms with E-state index in [-0.39, 0.29) is 18.1 Å². The van der Waals surface area contributed by atoms with Gasteiger partial charge in [0.1, 0.15) is 11.5 Å². The zero-order valence-corrected chi connectivity index (χ0v) is 19.7. The van der Waals surface area contributed by atoms with Crippen LogP contribution in [0.3, 0.4) is 0 Å². The average Bonchev–Trinajstić information content (AvgIpc) is 3.40. The van der Waals surface area contributed by atoms with E-state index >= 15 is 0 Å². The minimum Gasteiger partial charge on any atom is -0.507 e. The van der Waals surface area contributed by atoms with Crippen molar-refractivity contribution in [2.75, 3.05) is 40.6 Å². The van der Waals surface area contributed by atoms with Crippen molar-refractivity contribution in [2.24, 2.45) is 0 Å². The van der Waals surface area contributed by atoms with Crippen LogP contribution in [-0.4, -0.2) is 67.2 Å². The predicted octanol–water partition coefficient (Wildman–Crippen LogP) is 3.58. The summed E-state index contributed by atoms with van der Waals surface area (Å²) in [5.74, 6) is 0.141. The summed E-state index contributed by atoms with van der Waals surface area (Å²) < 4.78 is 16.6. The molecule has 0 bridgehead atoms. The lowest BCUT2D eigenvalue weighted by atomic mass is 9.95. The van der Waals surface area contributed by atoms with Gasteiger partial charge in [0.2, 0.25) is 6.79 Å². The molecule has 1 fully saturated rings. The van der Waals surface area contributed by atoms with Crippen LogP contribution in [0.1, 0.15) is 36.9 Å². The molecule has 8 heteroatoms. The molecule has 2 aromatic carbocycles. The Morgan fingerprint density at radius 1 is 1.15 bits per heavy atom. The van der Waals surface area contributed by atoms with Crippen LogP contribution in [0.25, 0.3) is 5.76 Å². The van der Waals surface area contributed by atoms with Gasteiger partial charge < -0.3 is 29.1 Å². The summed E-state index contributed by atoms with van der Waals surface area (Å²) >= 11 is 0. The van der Waals surface area contributed by atoms with Crippen molar-refractivity contribution < 1.29 is 28.9 Å². The molecule has 180 valence electrons. The van der Waals surface area contributed by atoms with Crippen LogP contribution >= 0.6 is 0 Å². The molecular weight excluding hydrogens is 436 g/mol. The number of ketones is 1. The van der Waals surface area contributed by atoms with E-state index in [1.54, 1.807) is 23.1 Å². The molecule has 0 saturated carbocycles. The van der Waals surface area contributed by atoms with Crippen LogP contribution < -0.4 is 14.2 Å². The number of aliphatic hydroxyl groups excluding tert-OH is 1. The Hall–Kier alpha value is -3.52. The van der Waals surface area contributed by atoms with Gasteiger partial charge in [0.15, 0.2) is 11.5 Å². The van der Waals surface area contributed by atoms with Crippen molar-refractivity contribution in [3.8, 4) is 17.2 Å². The first-order valence-corrected chi connectivity index (χ1v) is 11.5. The van der Waals surface area contributed by atoms with Crippen LogP contribution in [0.2, 0.25) is 0 Å². The molecule has 0 spiro atoms. The lowest BCUT2D eigenvalue weighted by Crippen LogP contribution is -2.32. The molecule has 0 radical (unpaired) electrons. The Kier molecular flexibility index (Phi) is 7.07. The molecular formula is C26H30N2O6. The fourth-order valence-corrected chi connectivity index (χ4v) is 4.21. The van der Waals surface area contributed by atoms with Crippen LogP contribution in [0.4, 0.5) is 0 Å². The number of carbonyl (C=O) groups excluding carboxylic acids is 2. The zero-order valence-electron chi connectivity index (χ0n) is 19.7. The predicted molar refractivity (Wildman–Crippen MR) is 127 cm³/mol. The highest BCUT2D eigenvalue weighted by Crippen LogP contribution is 2.42. The summed E-state index contributed by atoms with van der Waals surface area (Å²) in [5.41, 5.74) is 1.15. The summed E-state index contributed by atoms with van der Waals surface area (Å²) in [7, 11) is 3.92. The quantitative estimate of drug-likeness (QED) is 0.343. The monoisotopic (exact) mass is 466 g/mol. The maximum absolute atomic E-state index is 13.2. The van der Waals surface area contributed by atoms with Gasteiger partial charge in [-0.2, -0.15) is 0 Å². The fourth-order valence-electron chi connectivity index (χ4n) is 4.21. The molecule has 2 heterocycles. The molecule has 1 saturated heterocycles. The highest BCUT2D eigenvalue weighted by atomic mass is 16.7. The second-order valence-corrected chi connectivity index (χ2v) is 8.64. The van der Waals surface area contributed by atoms with Crippen LogP contribution in [-0.2, 0) is 9.59 Å². The minimum absolute atomic E-state index is 0.0568. The third-order valence-electron chi connectivity index (χ3n) is 5.84. The molecule has 2 aliphatic heterocycles. The lowest BCUT2D eigenvalue weighted by molar-refractivity contribution is -0.139. The van der Waals surface area contributed by atoms with E-state index < -0.39 is 17.7 Å². The molecule has 1 atom stereocenters. The van der Waals surface area contributed by atoms with E-state index in [2.05, 4.69) is 0 Å². The van der Waals surface area contributed by atoms with Crippen molar-refractivity contribution in [2.45, 2.75) is 25.8 Å². The maximum Gasteiger partial charge on any atom is 0.295 e. The van der Waals surface area contributed by atoms with E-state index in [0.717, 1.165) is 13.0 Å². The molecule has 2 aliphatic rings. The second kappa shape index (κ2) is 10.2. The number of rotatable bonds is 9. The fraction of sp³-hybridized carbons (Fsp3) is 0.385. The topological polar surface area (TPSA) is 88.5 Å². The number of amides is 1. The summed E-state index contributed by atoms with van der Waals surface area (Å²) in [5, 5.41) is 11.3. The van der Waals surface area contributed by atoms with Gasteiger partial charge in [-0.05, 0) is 69.4 Å². The Labute approximate surface area is 199 Å². The second-order valence-electron chi connectivity index (χ2n) is 8.64. The van der Waals surface area contributed by atoms with E-state index in [4.69, 9.17) is 14.2 Å². The zero-order chi connectivity index (χ0) is 24.2. The Balaban J connectivity index is 1.77. The molecule has 8 nitrogen and oxygen atoms in total. The molecule has 4 rings (SSSR count). The first-order chi connectivity index (χ1) is 16.4. The number of aliphatic hydroxyl groups is 1. The van der Waals surface area contributed by atoms with Gasteiger partial charge in [-0.15, -0.1) is 0 Å². The van der Waals surface area contributed by atoms with Gasteiger partial charge in [0.25, 0.3) is 11.7 Å². The number of nitrogens with zero attached hydrogens (tertiary/aromatic N) is 2. The van der Waals surface area contributed by atoms with Crippen LogP contribution in [0.5, 0.6) is 17.2 Å². The largest absolute Gasteiger partial charge is 0.507 e. The Morgan fingerprint density at radius 2 is 1.94 bits per heavy atom. The van der Waals surface area contributed by atoms with Crippen molar-refractivity contribution >= 4 is 17.4 Å². The van der Waals surface area contributed by atoms with Crippen molar-refractivity contribution in [3.05, 3.63) is 59.2 Å². The van der Waals surface area contributed by atoms with E-state index in [1.165, 1.54) is 0 Å². The van der Waals surface area contributed by atoms with Gasteiger partial charge in [-0.3, -0.25) is 9.59 Å². The minimum atomic E-state index is -0.724. The summed E-state index contributed by atoms with van der Waals surface area (Å²) in [6.07, 6.45) is 1.55. The number of Topliss-reactive ketones (excluding diaryl/α,β-unsaturated/α-hetero) is 1. The summed E-state index contributed by atoms with van der Waals surface area (Å²) in [4.78, 5) is 29.9. The van der Waals surface area contributed by atoms with Gasteiger partial charge in [0.05, 0.1) is 18.2 Å². The summed E-state index contributed by atoms with van der Waals surface area (Å²) in [6, 6.07) is 11.6. The molecule has 2 aromatic rings. The first-order valence-electron chi connectivity index (χ1n) is 11.5. The SMILES string of the molecule is CCCOc1cccc(C2C(=C(O)c3ccc4c(c3)OCO4)C(=O)C(=O)N2CCCN(C)C)c1. The highest BCUT2D eigenvalue weighted by molar-refractivity contribution is 6.46. The van der Waals surface area contributed by atoms with Crippen LogP contribution in [0.15, 0.2) is 48.0 Å². The molecule has 1 amide bonds. The van der Waals surface area contributed by atoms with Gasteiger partial charge in [-0.1, -0.05) is 19.1 Å². The summed E-state index contributed by atoms with van der Waals surface area (Å²) in [6.45, 7) is 3.82. The van der Waals surface area contributed by atoms with Crippen molar-refractivity contribution in [3.63, 3.8) is 0 Å². The number of hydrogen-bond donors (Lipinski definition) is 1. The number of likely N-dealkylation sites (tertiary alicyclic amines) is 1. The number of hydrogen-bond acceptors (Lipinski definition) is 7. The third-order valence-corrected chi connectivity index (χ3v) is 5.84. The van der Waals surface area contributed by atoms with Crippen LogP contribution in [0, 0.1) is 0 Å². The number of benzene rings is 2. The lowest BCUT2D eigenvalue weighted by Gasteiger charge is -2.26. The van der Waals surface area contributed by atoms with E-state index in [9.17, 15) is 14.7 Å². The standard InChI is InChI=1S/C26H30N2O6/c1-4-13-32-19-8-5-7-17(14-19)23-22(25(30)26(31)28(23)12-6-11-27(2)3)24(29)18-9-10-20-21(15-18)34-16-33-20/h5,7-10,14-15,23,29H,4,6,11-13,16H2,1-3H3. The number of carbonyl (C=O) groups is 2. The molecule has 1 N–H and O–H groups in total. The number of ether oxygens (including phenoxy) is 3. The number of fused-ring (bicyclic) bond motifs is 1. The van der Waals surface area contributed by atoms with E-state index in [1.807, 2.05) is 50.2 Å². The average molecular weight is 467 g/mol. The Morgan fingerprint density at radius 3 is 2.71 bits per heavy atom. The molecule has 0 aromatic heterocycles. The van der Waals surface area contributed by atoms with Crippen molar-refractivity contribution in [1.82, 2.24) is 9.80 Å². The third kappa shape index (κ3) is 4.72. The molecule has 1 unspecified atom stereocenters. The highest BCUT2D eigenvalue weighted by Gasteiger charge is 2.46. The Bertz CT molecular complexity index is 1110.